The van der Waals surface area contributed by atoms with Crippen LogP contribution in [0.3, 0.4) is 0 Å². The van der Waals surface area contributed by atoms with Crippen LogP contribution in [0.25, 0.3) is 11.3 Å². The summed E-state index contributed by atoms with van der Waals surface area (Å²) in [5, 5.41) is 7.15. The van der Waals surface area contributed by atoms with Crippen molar-refractivity contribution in [3.8, 4) is 11.3 Å². The van der Waals surface area contributed by atoms with Gasteiger partial charge in [0.1, 0.15) is 5.01 Å². The third-order valence-corrected chi connectivity index (χ3v) is 3.90. The Morgan fingerprint density at radius 3 is 2.91 bits per heavy atom. The van der Waals surface area contributed by atoms with E-state index in [0.717, 1.165) is 16.3 Å². The van der Waals surface area contributed by atoms with Gasteiger partial charge in [0.25, 0.3) is 0 Å². The fourth-order valence-electron chi connectivity index (χ4n) is 2.03. The topological polar surface area (TPSA) is 57.0 Å². The monoisotopic (exact) mass is 313 g/mol. The highest BCUT2D eigenvalue weighted by Gasteiger charge is 2.11. The first kappa shape index (κ1) is 14.5. The van der Waals surface area contributed by atoms with Gasteiger partial charge >= 0.3 is 5.97 Å². The van der Waals surface area contributed by atoms with E-state index in [0.29, 0.717) is 18.7 Å². The number of hydrogen-bond acceptors (Lipinski definition) is 5. The molecule has 0 radical (unpaired) electrons. The molecule has 0 aliphatic carbocycles. The van der Waals surface area contributed by atoms with Crippen molar-refractivity contribution >= 4 is 17.3 Å². The quantitative estimate of drug-likeness (QED) is 0.679. The minimum Gasteiger partial charge on any atom is -0.462 e. The second kappa shape index (κ2) is 6.53. The normalized spacial score (nSPS) is 10.6. The van der Waals surface area contributed by atoms with Gasteiger partial charge in [-0.05, 0) is 6.92 Å². The van der Waals surface area contributed by atoms with Crippen LogP contribution >= 0.6 is 11.3 Å². The van der Waals surface area contributed by atoms with E-state index in [1.807, 2.05) is 35.7 Å². The van der Waals surface area contributed by atoms with Crippen molar-refractivity contribution in [2.45, 2.75) is 13.5 Å². The zero-order valence-corrected chi connectivity index (χ0v) is 12.9. The summed E-state index contributed by atoms with van der Waals surface area (Å²) >= 11 is 1.58. The van der Waals surface area contributed by atoms with Gasteiger partial charge in [-0.15, -0.1) is 11.3 Å². The minimum absolute atomic E-state index is 0.349. The molecule has 0 fully saturated rings. The molecule has 0 atom stereocenters. The van der Waals surface area contributed by atoms with Crippen LogP contribution in [0.4, 0.5) is 0 Å². The number of carbonyl (C=O) groups is 1. The minimum atomic E-state index is -0.349. The Kier molecular flexibility index (Phi) is 4.29. The van der Waals surface area contributed by atoms with Crippen LogP contribution in [0.2, 0.25) is 0 Å². The van der Waals surface area contributed by atoms with E-state index in [1.54, 1.807) is 29.1 Å². The lowest BCUT2D eigenvalue weighted by Gasteiger charge is -1.98. The molecular formula is C16H15N3O2S. The van der Waals surface area contributed by atoms with E-state index in [4.69, 9.17) is 4.74 Å². The van der Waals surface area contributed by atoms with Crippen molar-refractivity contribution in [1.29, 1.82) is 0 Å². The Morgan fingerprint density at radius 2 is 2.14 bits per heavy atom. The first-order valence-electron chi connectivity index (χ1n) is 6.95. The summed E-state index contributed by atoms with van der Waals surface area (Å²) < 4.78 is 6.64. The number of rotatable bonds is 5. The smallest absolute Gasteiger partial charge is 0.341 e. The second-order valence-corrected chi connectivity index (χ2v) is 5.58. The number of thiazole rings is 1. The average Bonchev–Trinajstić information content (AvgIpc) is 3.18. The van der Waals surface area contributed by atoms with Crippen LogP contribution in [0.5, 0.6) is 0 Å². The fraction of sp³-hybridized carbons (Fsp3) is 0.188. The molecule has 0 unspecified atom stereocenters. The molecule has 0 spiro atoms. The number of carbonyl (C=O) groups excluding carboxylic acids is 1. The predicted molar refractivity (Wildman–Crippen MR) is 84.8 cm³/mol. The summed E-state index contributed by atoms with van der Waals surface area (Å²) in [4.78, 5) is 16.2. The van der Waals surface area contributed by atoms with Crippen molar-refractivity contribution < 1.29 is 9.53 Å². The first-order valence-corrected chi connectivity index (χ1v) is 7.83. The Hall–Kier alpha value is -2.47. The van der Waals surface area contributed by atoms with E-state index >= 15 is 0 Å². The SMILES string of the molecule is CCOC(=O)c1cnn(Cc2nc(-c3ccccc3)cs2)c1. The van der Waals surface area contributed by atoms with E-state index in [9.17, 15) is 4.79 Å². The maximum Gasteiger partial charge on any atom is 0.341 e. The number of hydrogen-bond donors (Lipinski definition) is 0. The van der Waals surface area contributed by atoms with Crippen molar-refractivity contribution in [3.05, 3.63) is 58.7 Å². The highest BCUT2D eigenvalue weighted by atomic mass is 32.1. The molecule has 0 aliphatic heterocycles. The number of nitrogens with zero attached hydrogens (tertiary/aromatic N) is 3. The lowest BCUT2D eigenvalue weighted by Crippen LogP contribution is -2.04. The molecule has 22 heavy (non-hydrogen) atoms. The van der Waals surface area contributed by atoms with Gasteiger partial charge in [0.05, 0.1) is 30.6 Å². The van der Waals surface area contributed by atoms with Crippen LogP contribution in [0.1, 0.15) is 22.3 Å². The molecule has 0 N–H and O–H groups in total. The Morgan fingerprint density at radius 1 is 1.32 bits per heavy atom. The third kappa shape index (κ3) is 3.23. The molecule has 6 heteroatoms. The van der Waals surface area contributed by atoms with Gasteiger partial charge in [0, 0.05) is 17.1 Å². The molecule has 5 nitrogen and oxygen atoms in total. The largest absolute Gasteiger partial charge is 0.462 e. The highest BCUT2D eigenvalue weighted by molar-refractivity contribution is 7.09. The molecular weight excluding hydrogens is 298 g/mol. The Bertz CT molecular complexity index is 765. The molecule has 112 valence electrons. The van der Waals surface area contributed by atoms with Gasteiger partial charge < -0.3 is 4.74 Å². The molecule has 0 saturated heterocycles. The van der Waals surface area contributed by atoms with E-state index < -0.39 is 0 Å². The molecule has 0 aliphatic rings. The molecule has 0 saturated carbocycles. The summed E-state index contributed by atoms with van der Waals surface area (Å²) in [6, 6.07) is 10.0. The standard InChI is InChI=1S/C16H15N3O2S/c1-2-21-16(20)13-8-17-19(9-13)10-15-18-14(11-22-15)12-6-4-3-5-7-12/h3-9,11H,2,10H2,1H3. The van der Waals surface area contributed by atoms with Gasteiger partial charge in [-0.2, -0.15) is 5.10 Å². The summed E-state index contributed by atoms with van der Waals surface area (Å²) in [7, 11) is 0. The number of esters is 1. The number of benzene rings is 1. The van der Waals surface area contributed by atoms with Gasteiger partial charge in [0.2, 0.25) is 0 Å². The van der Waals surface area contributed by atoms with E-state index in [-0.39, 0.29) is 5.97 Å². The van der Waals surface area contributed by atoms with Gasteiger partial charge in [-0.3, -0.25) is 4.68 Å². The van der Waals surface area contributed by atoms with Gasteiger partial charge in [-0.25, -0.2) is 9.78 Å². The van der Waals surface area contributed by atoms with Gasteiger partial charge in [0.15, 0.2) is 0 Å². The van der Waals surface area contributed by atoms with Crippen molar-refractivity contribution in [2.24, 2.45) is 0 Å². The van der Waals surface area contributed by atoms with Crippen LogP contribution in [0.15, 0.2) is 48.1 Å². The Labute approximate surface area is 132 Å². The summed E-state index contributed by atoms with van der Waals surface area (Å²) in [6.45, 7) is 2.68. The van der Waals surface area contributed by atoms with E-state index in [2.05, 4.69) is 10.1 Å². The van der Waals surface area contributed by atoms with Crippen LogP contribution < -0.4 is 0 Å². The molecule has 0 bridgehead atoms. The third-order valence-electron chi connectivity index (χ3n) is 3.06. The molecule has 0 amide bonds. The average molecular weight is 313 g/mol. The highest BCUT2D eigenvalue weighted by Crippen LogP contribution is 2.22. The first-order chi connectivity index (χ1) is 10.8. The molecule has 1 aromatic carbocycles. The molecule has 3 rings (SSSR count). The van der Waals surface area contributed by atoms with Crippen LogP contribution in [-0.4, -0.2) is 27.3 Å². The van der Waals surface area contributed by atoms with E-state index in [1.165, 1.54) is 6.20 Å². The van der Waals surface area contributed by atoms with Crippen LogP contribution in [0, 0.1) is 0 Å². The molecule has 2 aromatic heterocycles. The maximum absolute atomic E-state index is 11.6. The van der Waals surface area contributed by atoms with Crippen molar-refractivity contribution in [3.63, 3.8) is 0 Å². The lowest BCUT2D eigenvalue weighted by atomic mass is 10.2. The summed E-state index contributed by atoms with van der Waals surface area (Å²) in [5.74, 6) is -0.349. The Balaban J connectivity index is 1.72. The second-order valence-electron chi connectivity index (χ2n) is 4.64. The fourth-order valence-corrected chi connectivity index (χ4v) is 2.83. The predicted octanol–water partition coefficient (Wildman–Crippen LogP) is 3.23. The maximum atomic E-state index is 11.6. The number of aromatic nitrogens is 3. The van der Waals surface area contributed by atoms with Crippen molar-refractivity contribution in [2.75, 3.05) is 6.61 Å². The summed E-state index contributed by atoms with van der Waals surface area (Å²) in [5.41, 5.74) is 2.51. The lowest BCUT2D eigenvalue weighted by molar-refractivity contribution is 0.0526. The zero-order chi connectivity index (χ0) is 15.4. The molecule has 2 heterocycles. The molecule has 3 aromatic rings. The number of ether oxygens (including phenoxy) is 1. The van der Waals surface area contributed by atoms with Crippen LogP contribution in [-0.2, 0) is 11.3 Å². The van der Waals surface area contributed by atoms with Gasteiger partial charge in [-0.1, -0.05) is 30.3 Å². The van der Waals surface area contributed by atoms with Crippen molar-refractivity contribution in [1.82, 2.24) is 14.8 Å². The zero-order valence-electron chi connectivity index (χ0n) is 12.1. The summed E-state index contributed by atoms with van der Waals surface area (Å²) in [6.07, 6.45) is 3.20.